The Morgan fingerprint density at radius 3 is 2.69 bits per heavy atom. The summed E-state index contributed by atoms with van der Waals surface area (Å²) in [5, 5.41) is 4.15. The van der Waals surface area contributed by atoms with E-state index < -0.39 is 37.0 Å². The lowest BCUT2D eigenvalue weighted by Crippen LogP contribution is -2.48. The Balaban J connectivity index is 2.04. The first-order valence-electron chi connectivity index (χ1n) is 7.70. The van der Waals surface area contributed by atoms with Crippen LogP contribution in [0, 0.1) is 5.82 Å². The predicted octanol–water partition coefficient (Wildman–Crippen LogP) is 0.607. The molecule has 1 atom stereocenters. The summed E-state index contributed by atoms with van der Waals surface area (Å²) < 4.78 is 55.9. The second-order valence-electron chi connectivity index (χ2n) is 5.54. The highest BCUT2D eigenvalue weighted by molar-refractivity contribution is 5.97. The SMILES string of the molecule is NC[C@@H](NCC(F)(F)F)C(=O)Nc1ccc(N2CCOCC2=O)cc1F. The van der Waals surface area contributed by atoms with Crippen LogP contribution >= 0.6 is 0 Å². The smallest absolute Gasteiger partial charge is 0.370 e. The van der Waals surface area contributed by atoms with E-state index in [1.165, 1.54) is 17.0 Å². The van der Waals surface area contributed by atoms with Gasteiger partial charge in [0, 0.05) is 18.8 Å². The van der Waals surface area contributed by atoms with Gasteiger partial charge in [0.1, 0.15) is 12.4 Å². The molecule has 26 heavy (non-hydrogen) atoms. The van der Waals surface area contributed by atoms with Crippen molar-refractivity contribution in [3.63, 3.8) is 0 Å². The molecule has 0 aromatic heterocycles. The summed E-state index contributed by atoms with van der Waals surface area (Å²) in [5.41, 5.74) is 5.35. The molecule has 1 fully saturated rings. The molecule has 0 radical (unpaired) electrons. The maximum atomic E-state index is 14.2. The van der Waals surface area contributed by atoms with Crippen LogP contribution in [0.15, 0.2) is 18.2 Å². The Bertz CT molecular complexity index is 669. The highest BCUT2D eigenvalue weighted by atomic mass is 19.4. The van der Waals surface area contributed by atoms with E-state index >= 15 is 0 Å². The van der Waals surface area contributed by atoms with Gasteiger partial charge in [-0.3, -0.25) is 14.9 Å². The second-order valence-corrected chi connectivity index (χ2v) is 5.54. The first kappa shape index (κ1) is 20.1. The van der Waals surface area contributed by atoms with Gasteiger partial charge in [-0.15, -0.1) is 0 Å². The number of alkyl halides is 3. The molecule has 1 saturated heterocycles. The molecule has 0 unspecified atom stereocenters. The standard InChI is InChI=1S/C15H18F4N4O3/c16-10-5-9(23-3-4-26-7-13(23)24)1-2-11(10)22-14(25)12(6-20)21-8-15(17,18)19/h1-2,5,12,21H,3-4,6-8,20H2,(H,22,25)/t12-/m1/s1. The monoisotopic (exact) mass is 378 g/mol. The molecular weight excluding hydrogens is 360 g/mol. The second kappa shape index (κ2) is 8.43. The van der Waals surface area contributed by atoms with Crippen LogP contribution < -0.4 is 21.3 Å². The van der Waals surface area contributed by atoms with E-state index in [0.717, 1.165) is 6.07 Å². The summed E-state index contributed by atoms with van der Waals surface area (Å²) in [6.45, 7) is -1.33. The van der Waals surface area contributed by atoms with Crippen LogP contribution in [0.3, 0.4) is 0 Å². The topological polar surface area (TPSA) is 96.7 Å². The third-order valence-corrected chi connectivity index (χ3v) is 3.61. The van der Waals surface area contributed by atoms with Crippen LogP contribution in [0.4, 0.5) is 28.9 Å². The van der Waals surface area contributed by atoms with Gasteiger partial charge >= 0.3 is 6.18 Å². The molecule has 1 aliphatic heterocycles. The Kier molecular flexibility index (Phi) is 6.51. The number of ether oxygens (including phenoxy) is 1. The quantitative estimate of drug-likeness (QED) is 0.631. The van der Waals surface area contributed by atoms with E-state index in [1.54, 1.807) is 0 Å². The lowest BCUT2D eigenvalue weighted by molar-refractivity contribution is -0.130. The molecule has 144 valence electrons. The first-order valence-corrected chi connectivity index (χ1v) is 7.70. The number of anilines is 2. The molecule has 2 amide bonds. The minimum absolute atomic E-state index is 0.108. The maximum Gasteiger partial charge on any atom is 0.401 e. The lowest BCUT2D eigenvalue weighted by Gasteiger charge is -2.27. The van der Waals surface area contributed by atoms with Crippen molar-refractivity contribution in [1.82, 2.24) is 5.32 Å². The van der Waals surface area contributed by atoms with Gasteiger partial charge < -0.3 is 20.7 Å². The average Bonchev–Trinajstić information content (AvgIpc) is 2.57. The van der Waals surface area contributed by atoms with Crippen LogP contribution in [0.25, 0.3) is 0 Å². The van der Waals surface area contributed by atoms with E-state index in [1.807, 2.05) is 5.32 Å². The summed E-state index contributed by atoms with van der Waals surface area (Å²) >= 11 is 0. The number of hydrogen-bond donors (Lipinski definition) is 3. The van der Waals surface area contributed by atoms with Crippen molar-refractivity contribution < 1.29 is 31.9 Å². The van der Waals surface area contributed by atoms with Gasteiger partial charge in [-0.05, 0) is 18.2 Å². The van der Waals surface area contributed by atoms with Crippen molar-refractivity contribution in [1.29, 1.82) is 0 Å². The average molecular weight is 378 g/mol. The number of rotatable bonds is 6. The number of nitrogens with one attached hydrogen (secondary N) is 2. The minimum atomic E-state index is -4.51. The summed E-state index contributed by atoms with van der Waals surface area (Å²) in [4.78, 5) is 25.1. The summed E-state index contributed by atoms with van der Waals surface area (Å²) in [6, 6.07) is 2.36. The number of halogens is 4. The Hall–Kier alpha value is -2.24. The molecule has 11 heteroatoms. The van der Waals surface area contributed by atoms with Gasteiger partial charge in [0.25, 0.3) is 5.91 Å². The van der Waals surface area contributed by atoms with E-state index in [9.17, 15) is 27.2 Å². The molecule has 2 rings (SSSR count). The summed E-state index contributed by atoms with van der Waals surface area (Å²) in [7, 11) is 0. The van der Waals surface area contributed by atoms with Crippen LogP contribution in [0.1, 0.15) is 0 Å². The van der Waals surface area contributed by atoms with Crippen LogP contribution in [0.2, 0.25) is 0 Å². The Morgan fingerprint density at radius 1 is 1.38 bits per heavy atom. The molecule has 1 aromatic rings. The normalized spacial score (nSPS) is 16.5. The van der Waals surface area contributed by atoms with Crippen molar-refractivity contribution in [2.45, 2.75) is 12.2 Å². The zero-order valence-corrected chi connectivity index (χ0v) is 13.6. The Morgan fingerprint density at radius 2 is 2.12 bits per heavy atom. The molecule has 1 heterocycles. The molecule has 7 nitrogen and oxygen atoms in total. The Labute approximate surface area is 146 Å². The number of amides is 2. The van der Waals surface area contributed by atoms with Crippen molar-refractivity contribution in [2.75, 3.05) is 43.1 Å². The molecular formula is C15H18F4N4O3. The number of nitrogens with zero attached hydrogens (tertiary/aromatic N) is 1. The van der Waals surface area contributed by atoms with Crippen molar-refractivity contribution in [2.24, 2.45) is 5.73 Å². The van der Waals surface area contributed by atoms with E-state index in [0.29, 0.717) is 12.3 Å². The zero-order valence-electron chi connectivity index (χ0n) is 13.6. The largest absolute Gasteiger partial charge is 0.401 e. The van der Waals surface area contributed by atoms with Crippen LogP contribution in [-0.4, -0.2) is 56.9 Å². The number of morpholine rings is 1. The highest BCUT2D eigenvalue weighted by Gasteiger charge is 2.30. The highest BCUT2D eigenvalue weighted by Crippen LogP contribution is 2.23. The number of carbonyl (C=O) groups is 2. The zero-order chi connectivity index (χ0) is 19.3. The molecule has 0 saturated carbocycles. The third kappa shape index (κ3) is 5.38. The van der Waals surface area contributed by atoms with Gasteiger partial charge in [0.2, 0.25) is 5.91 Å². The molecule has 1 aliphatic rings. The van der Waals surface area contributed by atoms with E-state index in [2.05, 4.69) is 5.32 Å². The number of carbonyl (C=O) groups excluding carboxylic acids is 2. The number of hydrogen-bond acceptors (Lipinski definition) is 5. The van der Waals surface area contributed by atoms with Crippen LogP contribution in [-0.2, 0) is 14.3 Å². The fourth-order valence-electron chi connectivity index (χ4n) is 2.31. The number of benzene rings is 1. The molecule has 4 N–H and O–H groups in total. The fourth-order valence-corrected chi connectivity index (χ4v) is 2.31. The summed E-state index contributed by atoms with van der Waals surface area (Å²) in [5.74, 6) is -2.06. The van der Waals surface area contributed by atoms with Gasteiger partial charge in [-0.25, -0.2) is 4.39 Å². The molecule has 0 bridgehead atoms. The third-order valence-electron chi connectivity index (χ3n) is 3.61. The van der Waals surface area contributed by atoms with Crippen molar-refractivity contribution in [3.05, 3.63) is 24.0 Å². The number of nitrogens with two attached hydrogens (primary N) is 1. The van der Waals surface area contributed by atoms with Crippen molar-refractivity contribution >= 4 is 23.2 Å². The van der Waals surface area contributed by atoms with Gasteiger partial charge in [-0.2, -0.15) is 13.2 Å². The molecule has 0 spiro atoms. The van der Waals surface area contributed by atoms with Crippen molar-refractivity contribution in [3.8, 4) is 0 Å². The van der Waals surface area contributed by atoms with Gasteiger partial charge in [0.15, 0.2) is 0 Å². The summed E-state index contributed by atoms with van der Waals surface area (Å²) in [6.07, 6.45) is -4.51. The van der Waals surface area contributed by atoms with Crippen LogP contribution in [0.5, 0.6) is 0 Å². The maximum absolute atomic E-state index is 14.2. The fraction of sp³-hybridized carbons (Fsp3) is 0.467. The van der Waals surface area contributed by atoms with Gasteiger partial charge in [-0.1, -0.05) is 0 Å². The van der Waals surface area contributed by atoms with E-state index in [4.69, 9.17) is 10.5 Å². The first-order chi connectivity index (χ1) is 12.2. The van der Waals surface area contributed by atoms with Gasteiger partial charge in [0.05, 0.1) is 24.9 Å². The minimum Gasteiger partial charge on any atom is -0.370 e. The predicted molar refractivity (Wildman–Crippen MR) is 85.1 cm³/mol. The molecule has 0 aliphatic carbocycles. The molecule has 1 aromatic carbocycles. The van der Waals surface area contributed by atoms with E-state index in [-0.39, 0.29) is 24.7 Å². The lowest BCUT2D eigenvalue weighted by atomic mass is 10.2.